The average Bonchev–Trinajstić information content (AvgIpc) is 2.94. The van der Waals surface area contributed by atoms with E-state index < -0.39 is 17.7 Å². The van der Waals surface area contributed by atoms with Crippen molar-refractivity contribution in [1.29, 1.82) is 0 Å². The van der Waals surface area contributed by atoms with Crippen LogP contribution >= 0.6 is 11.6 Å². The Hall–Kier alpha value is -4.42. The van der Waals surface area contributed by atoms with Crippen molar-refractivity contribution >= 4 is 45.8 Å². The fraction of sp³-hybridized carbons (Fsp3) is 0.290. The van der Waals surface area contributed by atoms with E-state index in [2.05, 4.69) is 25.3 Å². The molecule has 1 aliphatic rings. The fourth-order valence-electron chi connectivity index (χ4n) is 4.47. The van der Waals surface area contributed by atoms with Crippen LogP contribution in [-0.2, 0) is 11.3 Å². The number of hydrogen-bond donors (Lipinski definition) is 3. The van der Waals surface area contributed by atoms with Crippen molar-refractivity contribution in [1.82, 2.24) is 15.3 Å². The molecule has 44 heavy (non-hydrogen) atoms. The number of benzene rings is 3. The lowest BCUT2D eigenvalue weighted by Crippen LogP contribution is -2.38. The molecule has 1 fully saturated rings. The number of alkyl halides is 3. The number of aromatic nitrogens is 2. The number of rotatable bonds is 9. The van der Waals surface area contributed by atoms with E-state index in [1.165, 1.54) is 18.2 Å². The van der Waals surface area contributed by atoms with Crippen molar-refractivity contribution in [2.24, 2.45) is 5.41 Å². The van der Waals surface area contributed by atoms with E-state index in [1.54, 1.807) is 56.3 Å². The zero-order valence-corrected chi connectivity index (χ0v) is 24.6. The van der Waals surface area contributed by atoms with Gasteiger partial charge in [0.15, 0.2) is 5.82 Å². The molecule has 230 valence electrons. The van der Waals surface area contributed by atoms with Gasteiger partial charge in [-0.3, -0.25) is 9.59 Å². The Morgan fingerprint density at radius 1 is 1.05 bits per heavy atom. The molecular formula is C31H29ClF3N5O4. The van der Waals surface area contributed by atoms with Crippen LogP contribution in [0.25, 0.3) is 22.3 Å². The number of aliphatic hydroxyl groups excluding tert-OH is 1. The van der Waals surface area contributed by atoms with Gasteiger partial charge in [-0.05, 0) is 68.3 Å². The van der Waals surface area contributed by atoms with Crippen molar-refractivity contribution in [3.63, 3.8) is 0 Å². The fourth-order valence-corrected chi connectivity index (χ4v) is 4.67. The van der Waals surface area contributed by atoms with E-state index in [1.807, 2.05) is 4.90 Å². The number of ether oxygens (including phenoxy) is 1. The Labute approximate surface area is 256 Å². The van der Waals surface area contributed by atoms with Crippen LogP contribution in [0.2, 0.25) is 5.02 Å². The van der Waals surface area contributed by atoms with Crippen LogP contribution in [-0.4, -0.2) is 52.9 Å². The summed E-state index contributed by atoms with van der Waals surface area (Å²) >= 11 is 6.34. The lowest BCUT2D eigenvalue weighted by atomic mass is 9.93. The first-order valence-electron chi connectivity index (χ1n) is 13.7. The summed E-state index contributed by atoms with van der Waals surface area (Å²) in [6.45, 7) is 4.59. The molecule has 5 rings (SSSR count). The molecule has 1 saturated heterocycles. The summed E-state index contributed by atoms with van der Waals surface area (Å²) < 4.78 is 42.5. The molecule has 1 aliphatic heterocycles. The Balaban J connectivity index is 1.42. The van der Waals surface area contributed by atoms with Crippen LogP contribution in [0.1, 0.15) is 36.2 Å². The summed E-state index contributed by atoms with van der Waals surface area (Å²) in [6.07, 6.45) is -3.86. The predicted octanol–water partition coefficient (Wildman–Crippen LogP) is 5.95. The molecule has 0 bridgehead atoms. The smallest absolute Gasteiger partial charge is 0.406 e. The third-order valence-electron chi connectivity index (χ3n) is 7.15. The van der Waals surface area contributed by atoms with Gasteiger partial charge < -0.3 is 25.4 Å². The van der Waals surface area contributed by atoms with Crippen LogP contribution in [0.3, 0.4) is 0 Å². The number of amides is 2. The SMILES string of the molecule is CC(C)(CO)C(=O)NCc1ccc(Cl)c(C(=O)Nc2ccc3c(N4CCC4)nc(-c4cccc(OC(F)(F)F)c4)nc3c2)c1. The molecular weight excluding hydrogens is 599 g/mol. The Morgan fingerprint density at radius 2 is 1.82 bits per heavy atom. The molecule has 0 spiro atoms. The van der Waals surface area contributed by atoms with Gasteiger partial charge >= 0.3 is 6.36 Å². The molecule has 0 radical (unpaired) electrons. The van der Waals surface area contributed by atoms with Gasteiger partial charge in [-0.15, -0.1) is 13.2 Å². The van der Waals surface area contributed by atoms with Crippen LogP contribution < -0.4 is 20.3 Å². The zero-order chi connectivity index (χ0) is 31.6. The second-order valence-electron chi connectivity index (χ2n) is 11.0. The molecule has 2 amide bonds. The van der Waals surface area contributed by atoms with Gasteiger partial charge in [-0.25, -0.2) is 9.97 Å². The number of nitrogens with zero attached hydrogens (tertiary/aromatic N) is 3. The number of carbonyl (C=O) groups excluding carboxylic acids is 2. The molecule has 9 nitrogen and oxygen atoms in total. The standard InChI is InChI=1S/C31H29ClF3N5O4/c1-30(2,17-41)29(43)36-16-18-7-10-24(32)23(13-18)28(42)37-20-8-9-22-25(15-20)38-26(39-27(22)40-11-4-12-40)19-5-3-6-21(14-19)44-31(33,34)35/h3,5-10,13-15,41H,4,11-12,16-17H2,1-2H3,(H,36,43)(H,37,42). The summed E-state index contributed by atoms with van der Waals surface area (Å²) in [4.78, 5) is 36.9. The largest absolute Gasteiger partial charge is 0.573 e. The summed E-state index contributed by atoms with van der Waals surface area (Å²) in [5.41, 5.74) is 1.09. The number of nitrogens with one attached hydrogen (secondary N) is 2. The highest BCUT2D eigenvalue weighted by atomic mass is 35.5. The van der Waals surface area contributed by atoms with E-state index in [0.717, 1.165) is 24.9 Å². The van der Waals surface area contributed by atoms with Gasteiger partial charge in [0.1, 0.15) is 11.6 Å². The molecule has 0 saturated carbocycles. The highest BCUT2D eigenvalue weighted by Gasteiger charge is 2.31. The summed E-state index contributed by atoms with van der Waals surface area (Å²) in [7, 11) is 0. The first-order valence-corrected chi connectivity index (χ1v) is 14.1. The molecule has 3 N–H and O–H groups in total. The molecule has 0 atom stereocenters. The van der Waals surface area contributed by atoms with Crippen molar-refractivity contribution in [2.75, 3.05) is 29.9 Å². The molecule has 0 aliphatic carbocycles. The Kier molecular flexibility index (Phi) is 8.66. The van der Waals surface area contributed by atoms with Gasteiger partial charge in [0, 0.05) is 36.3 Å². The van der Waals surface area contributed by atoms with Crippen LogP contribution in [0.5, 0.6) is 5.75 Å². The van der Waals surface area contributed by atoms with E-state index in [-0.39, 0.29) is 41.2 Å². The third-order valence-corrected chi connectivity index (χ3v) is 7.48. The van der Waals surface area contributed by atoms with Crippen molar-refractivity contribution in [3.8, 4) is 17.1 Å². The van der Waals surface area contributed by atoms with Gasteiger partial charge in [0.05, 0.1) is 28.1 Å². The Bertz CT molecular complexity index is 1730. The van der Waals surface area contributed by atoms with Gasteiger partial charge in [0.2, 0.25) is 5.91 Å². The monoisotopic (exact) mass is 627 g/mol. The van der Waals surface area contributed by atoms with Crippen molar-refractivity contribution in [3.05, 3.63) is 76.8 Å². The predicted molar refractivity (Wildman–Crippen MR) is 161 cm³/mol. The summed E-state index contributed by atoms with van der Waals surface area (Å²) in [6, 6.07) is 15.4. The summed E-state index contributed by atoms with van der Waals surface area (Å²) in [5.74, 6) is -0.375. The number of hydrogen-bond acceptors (Lipinski definition) is 7. The highest BCUT2D eigenvalue weighted by Crippen LogP contribution is 2.33. The summed E-state index contributed by atoms with van der Waals surface area (Å²) in [5, 5.41) is 15.9. The van der Waals surface area contributed by atoms with E-state index in [0.29, 0.717) is 28.1 Å². The maximum Gasteiger partial charge on any atom is 0.573 e. The minimum Gasteiger partial charge on any atom is -0.406 e. The van der Waals surface area contributed by atoms with E-state index in [4.69, 9.17) is 11.6 Å². The van der Waals surface area contributed by atoms with Crippen LogP contribution in [0.4, 0.5) is 24.7 Å². The number of anilines is 2. The first-order chi connectivity index (χ1) is 20.8. The number of carbonyl (C=O) groups is 2. The van der Waals surface area contributed by atoms with Crippen molar-refractivity contribution < 1.29 is 32.6 Å². The van der Waals surface area contributed by atoms with Gasteiger partial charge in [0.25, 0.3) is 5.91 Å². The first kappa shape index (κ1) is 31.0. The number of fused-ring (bicyclic) bond motifs is 1. The zero-order valence-electron chi connectivity index (χ0n) is 23.8. The minimum atomic E-state index is -4.84. The number of halogens is 4. The lowest BCUT2D eigenvalue weighted by molar-refractivity contribution is -0.274. The second-order valence-corrected chi connectivity index (χ2v) is 11.4. The Morgan fingerprint density at radius 3 is 2.50 bits per heavy atom. The maximum absolute atomic E-state index is 13.3. The molecule has 0 unspecified atom stereocenters. The van der Waals surface area contributed by atoms with Crippen LogP contribution in [0.15, 0.2) is 60.7 Å². The number of aliphatic hydroxyl groups is 1. The molecule has 2 heterocycles. The van der Waals surface area contributed by atoms with Crippen LogP contribution in [0, 0.1) is 5.41 Å². The quantitative estimate of drug-likeness (QED) is 0.210. The average molecular weight is 628 g/mol. The van der Waals surface area contributed by atoms with E-state index >= 15 is 0 Å². The molecule has 3 aromatic carbocycles. The topological polar surface area (TPSA) is 117 Å². The third kappa shape index (κ3) is 7.03. The lowest BCUT2D eigenvalue weighted by Gasteiger charge is -2.33. The van der Waals surface area contributed by atoms with Crippen molar-refractivity contribution in [2.45, 2.75) is 33.2 Å². The molecule has 4 aromatic rings. The minimum absolute atomic E-state index is 0.129. The van der Waals surface area contributed by atoms with Gasteiger partial charge in [-0.1, -0.05) is 29.8 Å². The maximum atomic E-state index is 13.3. The normalized spacial score (nSPS) is 13.4. The van der Waals surface area contributed by atoms with Gasteiger partial charge in [-0.2, -0.15) is 0 Å². The molecule has 13 heteroatoms. The molecule has 1 aromatic heterocycles. The highest BCUT2D eigenvalue weighted by molar-refractivity contribution is 6.34. The second kappa shape index (κ2) is 12.3. The van der Waals surface area contributed by atoms with E-state index in [9.17, 15) is 27.9 Å².